The average Bonchev–Trinajstić information content (AvgIpc) is 2.81. The van der Waals surface area contributed by atoms with Crippen LogP contribution in [0.5, 0.6) is 5.75 Å². The number of carbonyl (C=O) groups is 1. The van der Waals surface area contributed by atoms with Crippen molar-refractivity contribution in [3.8, 4) is 5.75 Å². The molecule has 0 saturated carbocycles. The highest BCUT2D eigenvalue weighted by atomic mass is 32.1. The standard InChI is InChI=1S/C12H8F2O2S/c13-8-3-1-4-9(14)12(8)16-7-10(15)11-5-2-6-17-11/h1-6H,7H2. The van der Waals surface area contributed by atoms with Gasteiger partial charge in [-0.3, -0.25) is 4.79 Å². The van der Waals surface area contributed by atoms with Crippen molar-refractivity contribution in [3.05, 3.63) is 52.2 Å². The normalized spacial score (nSPS) is 10.2. The minimum absolute atomic E-state index is 0.303. The summed E-state index contributed by atoms with van der Waals surface area (Å²) in [6, 6.07) is 6.75. The Kier molecular flexibility index (Phi) is 3.49. The third-order valence-corrected chi connectivity index (χ3v) is 2.97. The number of ether oxygens (including phenoxy) is 1. The predicted molar refractivity (Wildman–Crippen MR) is 60.5 cm³/mol. The fourth-order valence-electron chi connectivity index (χ4n) is 1.27. The topological polar surface area (TPSA) is 26.3 Å². The molecule has 0 saturated heterocycles. The second kappa shape index (κ2) is 5.05. The van der Waals surface area contributed by atoms with Gasteiger partial charge in [-0.05, 0) is 23.6 Å². The highest BCUT2D eigenvalue weighted by molar-refractivity contribution is 7.12. The first-order chi connectivity index (χ1) is 8.18. The van der Waals surface area contributed by atoms with Gasteiger partial charge in [-0.1, -0.05) is 12.1 Å². The number of ketones is 1. The molecule has 2 aromatic rings. The van der Waals surface area contributed by atoms with Crippen LogP contribution in [-0.2, 0) is 0 Å². The van der Waals surface area contributed by atoms with E-state index in [1.807, 2.05) is 0 Å². The zero-order valence-corrected chi connectivity index (χ0v) is 9.47. The number of hydrogen-bond acceptors (Lipinski definition) is 3. The first-order valence-electron chi connectivity index (χ1n) is 4.82. The van der Waals surface area contributed by atoms with Crippen LogP contribution in [0.15, 0.2) is 35.7 Å². The molecule has 5 heteroatoms. The third-order valence-electron chi connectivity index (χ3n) is 2.06. The summed E-state index contributed by atoms with van der Waals surface area (Å²) in [5, 5.41) is 1.75. The maximum Gasteiger partial charge on any atom is 0.210 e. The molecule has 0 aliphatic rings. The van der Waals surface area contributed by atoms with Gasteiger partial charge in [0.1, 0.15) is 0 Å². The molecule has 88 valence electrons. The smallest absolute Gasteiger partial charge is 0.210 e. The zero-order chi connectivity index (χ0) is 12.3. The van der Waals surface area contributed by atoms with E-state index >= 15 is 0 Å². The number of Topliss-reactive ketones (excluding diaryl/α,β-unsaturated/α-hetero) is 1. The Labute approximate surface area is 100 Å². The molecule has 0 radical (unpaired) electrons. The van der Waals surface area contributed by atoms with Crippen LogP contribution in [0.2, 0.25) is 0 Å². The van der Waals surface area contributed by atoms with Crippen LogP contribution in [0.25, 0.3) is 0 Å². The van der Waals surface area contributed by atoms with E-state index in [4.69, 9.17) is 4.74 Å². The van der Waals surface area contributed by atoms with Crippen LogP contribution in [0.4, 0.5) is 8.78 Å². The summed E-state index contributed by atoms with van der Waals surface area (Å²) in [6.45, 7) is -0.377. The molecule has 0 spiro atoms. The molecule has 17 heavy (non-hydrogen) atoms. The largest absolute Gasteiger partial charge is 0.479 e. The lowest BCUT2D eigenvalue weighted by Crippen LogP contribution is -2.11. The maximum atomic E-state index is 13.2. The highest BCUT2D eigenvalue weighted by Crippen LogP contribution is 2.21. The molecule has 1 aromatic carbocycles. The number of benzene rings is 1. The summed E-state index contributed by atoms with van der Waals surface area (Å²) in [4.78, 5) is 12.0. The highest BCUT2D eigenvalue weighted by Gasteiger charge is 2.13. The molecule has 0 bridgehead atoms. The van der Waals surface area contributed by atoms with E-state index < -0.39 is 17.4 Å². The van der Waals surface area contributed by atoms with Crippen molar-refractivity contribution in [1.29, 1.82) is 0 Å². The van der Waals surface area contributed by atoms with Crippen molar-refractivity contribution < 1.29 is 18.3 Å². The number of carbonyl (C=O) groups excluding carboxylic acids is 1. The number of para-hydroxylation sites is 1. The van der Waals surface area contributed by atoms with Gasteiger partial charge in [-0.2, -0.15) is 0 Å². The van der Waals surface area contributed by atoms with Crippen molar-refractivity contribution in [1.82, 2.24) is 0 Å². The van der Waals surface area contributed by atoms with E-state index in [2.05, 4.69) is 0 Å². The zero-order valence-electron chi connectivity index (χ0n) is 8.65. The third kappa shape index (κ3) is 2.68. The monoisotopic (exact) mass is 254 g/mol. The second-order valence-corrected chi connectivity index (χ2v) is 4.19. The van der Waals surface area contributed by atoms with Gasteiger partial charge < -0.3 is 4.74 Å². The average molecular weight is 254 g/mol. The van der Waals surface area contributed by atoms with Crippen molar-refractivity contribution >= 4 is 17.1 Å². The minimum atomic E-state index is -0.816. The molecule has 1 heterocycles. The lowest BCUT2D eigenvalue weighted by molar-refractivity contribution is 0.0919. The first kappa shape index (κ1) is 11.7. The molecule has 0 aliphatic heterocycles. The van der Waals surface area contributed by atoms with Crippen LogP contribution in [0.3, 0.4) is 0 Å². The lowest BCUT2D eigenvalue weighted by Gasteiger charge is -2.06. The van der Waals surface area contributed by atoms with Crippen LogP contribution in [0.1, 0.15) is 9.67 Å². The van der Waals surface area contributed by atoms with E-state index in [1.165, 1.54) is 17.4 Å². The molecule has 0 N–H and O–H groups in total. The van der Waals surface area contributed by atoms with Crippen molar-refractivity contribution in [2.24, 2.45) is 0 Å². The molecular formula is C12H8F2O2S. The van der Waals surface area contributed by atoms with E-state index in [-0.39, 0.29) is 12.4 Å². The summed E-state index contributed by atoms with van der Waals surface area (Å²) in [7, 11) is 0. The second-order valence-electron chi connectivity index (χ2n) is 3.24. The number of rotatable bonds is 4. The molecule has 2 rings (SSSR count). The molecule has 0 aliphatic carbocycles. The Morgan fingerprint density at radius 3 is 2.47 bits per heavy atom. The summed E-state index contributed by atoms with van der Waals surface area (Å²) < 4.78 is 31.2. The van der Waals surface area contributed by atoms with E-state index in [1.54, 1.807) is 17.5 Å². The van der Waals surface area contributed by atoms with Crippen molar-refractivity contribution in [2.45, 2.75) is 0 Å². The molecule has 0 atom stereocenters. The van der Waals surface area contributed by atoms with E-state index in [0.29, 0.717) is 4.88 Å². The van der Waals surface area contributed by atoms with Gasteiger partial charge in [0, 0.05) is 0 Å². The predicted octanol–water partition coefficient (Wildman–Crippen LogP) is 3.29. The summed E-state index contributed by atoms with van der Waals surface area (Å²) in [6.07, 6.45) is 0. The molecule has 0 fully saturated rings. The number of thiophene rings is 1. The molecular weight excluding hydrogens is 246 g/mol. The Hall–Kier alpha value is -1.75. The minimum Gasteiger partial charge on any atom is -0.479 e. The number of halogens is 2. The van der Waals surface area contributed by atoms with Crippen LogP contribution in [0, 0.1) is 11.6 Å². The van der Waals surface area contributed by atoms with Gasteiger partial charge in [0.05, 0.1) is 4.88 Å². The SMILES string of the molecule is O=C(COc1c(F)cccc1F)c1cccs1. The summed E-state index contributed by atoms with van der Waals surface area (Å²) >= 11 is 1.26. The Bertz CT molecular complexity index is 503. The van der Waals surface area contributed by atoms with E-state index in [9.17, 15) is 13.6 Å². The van der Waals surface area contributed by atoms with Gasteiger partial charge in [-0.15, -0.1) is 11.3 Å². The van der Waals surface area contributed by atoms with Gasteiger partial charge >= 0.3 is 0 Å². The van der Waals surface area contributed by atoms with Gasteiger partial charge in [0.2, 0.25) is 5.78 Å². The molecule has 0 unspecified atom stereocenters. The summed E-state index contributed by atoms with van der Waals surface area (Å²) in [5.41, 5.74) is 0. The van der Waals surface area contributed by atoms with Crippen LogP contribution in [-0.4, -0.2) is 12.4 Å². The van der Waals surface area contributed by atoms with Crippen LogP contribution >= 0.6 is 11.3 Å². The van der Waals surface area contributed by atoms with Gasteiger partial charge in [0.25, 0.3) is 0 Å². The number of hydrogen-bond donors (Lipinski definition) is 0. The molecule has 2 nitrogen and oxygen atoms in total. The lowest BCUT2D eigenvalue weighted by atomic mass is 10.3. The van der Waals surface area contributed by atoms with Crippen molar-refractivity contribution in [2.75, 3.05) is 6.61 Å². The Morgan fingerprint density at radius 2 is 1.88 bits per heavy atom. The maximum absolute atomic E-state index is 13.2. The quantitative estimate of drug-likeness (QED) is 0.782. The first-order valence-corrected chi connectivity index (χ1v) is 5.70. The molecule has 1 aromatic heterocycles. The summed E-state index contributed by atoms with van der Waals surface area (Å²) in [5.74, 6) is -2.45. The van der Waals surface area contributed by atoms with Gasteiger partial charge in [0.15, 0.2) is 24.0 Å². The fourth-order valence-corrected chi connectivity index (χ4v) is 1.92. The van der Waals surface area contributed by atoms with Crippen LogP contribution < -0.4 is 4.74 Å². The van der Waals surface area contributed by atoms with E-state index in [0.717, 1.165) is 12.1 Å². The Morgan fingerprint density at radius 1 is 1.18 bits per heavy atom. The van der Waals surface area contributed by atoms with Gasteiger partial charge in [-0.25, -0.2) is 8.78 Å². The molecule has 0 amide bonds. The Balaban J connectivity index is 2.06. The van der Waals surface area contributed by atoms with Crippen molar-refractivity contribution in [3.63, 3.8) is 0 Å². The fraction of sp³-hybridized carbons (Fsp3) is 0.0833.